The highest BCUT2D eigenvalue weighted by Gasteiger charge is 2.40. The highest BCUT2D eigenvalue weighted by molar-refractivity contribution is 14.1. The molecule has 0 aliphatic rings. The summed E-state index contributed by atoms with van der Waals surface area (Å²) < 4.78 is 50.2. The van der Waals surface area contributed by atoms with Crippen molar-refractivity contribution in [2.24, 2.45) is 0 Å². The van der Waals surface area contributed by atoms with Gasteiger partial charge in [-0.15, -0.1) is 0 Å². The first kappa shape index (κ1) is 16.7. The molecule has 0 saturated carbocycles. The van der Waals surface area contributed by atoms with Crippen LogP contribution in [-0.2, 0) is 16.0 Å². The van der Waals surface area contributed by atoms with E-state index >= 15 is 0 Å². The number of aliphatic carboxylic acids is 1. The number of nitrogens with one attached hydrogen (secondary N) is 1. The third kappa shape index (κ3) is 4.62. The summed E-state index contributed by atoms with van der Waals surface area (Å²) in [5.74, 6) is -4.81. The van der Waals surface area contributed by atoms with Crippen molar-refractivity contribution in [2.75, 3.05) is 0 Å². The zero-order valence-corrected chi connectivity index (χ0v) is 11.8. The molecule has 4 nitrogen and oxygen atoms in total. The lowest BCUT2D eigenvalue weighted by Crippen LogP contribution is -2.48. The minimum absolute atomic E-state index is 0.0909. The Morgan fingerprint density at radius 3 is 2.45 bits per heavy atom. The molecule has 0 bridgehead atoms. The quantitative estimate of drug-likeness (QED) is 0.596. The lowest BCUT2D eigenvalue weighted by atomic mass is 10.1. The smallest absolute Gasteiger partial charge is 0.471 e. The van der Waals surface area contributed by atoms with Crippen molar-refractivity contribution in [1.82, 2.24) is 5.32 Å². The number of hydrogen-bond acceptors (Lipinski definition) is 2. The highest BCUT2D eigenvalue weighted by atomic mass is 127. The molecule has 0 aromatic heterocycles. The van der Waals surface area contributed by atoms with Crippen LogP contribution in [0.25, 0.3) is 0 Å². The summed E-state index contributed by atoms with van der Waals surface area (Å²) in [6, 6.07) is 1.92. The molecule has 1 atom stereocenters. The molecule has 0 spiro atoms. The minimum Gasteiger partial charge on any atom is -0.480 e. The molecule has 1 aromatic rings. The van der Waals surface area contributed by atoms with Crippen molar-refractivity contribution < 1.29 is 32.3 Å². The Morgan fingerprint density at radius 2 is 1.95 bits per heavy atom. The Balaban J connectivity index is 2.91. The third-order valence-corrected chi connectivity index (χ3v) is 2.96. The maximum absolute atomic E-state index is 13.4. The molecule has 0 fully saturated rings. The molecule has 1 aromatic carbocycles. The van der Waals surface area contributed by atoms with E-state index in [0.29, 0.717) is 3.57 Å². The van der Waals surface area contributed by atoms with Gasteiger partial charge in [0.2, 0.25) is 0 Å². The Bertz CT molecular complexity index is 533. The van der Waals surface area contributed by atoms with Crippen LogP contribution >= 0.6 is 22.6 Å². The van der Waals surface area contributed by atoms with Crippen LogP contribution in [-0.4, -0.2) is 29.2 Å². The van der Waals surface area contributed by atoms with Crippen LogP contribution in [0.4, 0.5) is 17.6 Å². The fourth-order valence-corrected chi connectivity index (χ4v) is 1.92. The Morgan fingerprint density at radius 1 is 1.35 bits per heavy atom. The molecule has 1 rings (SSSR count). The third-order valence-electron chi connectivity index (χ3n) is 2.29. The molecule has 0 aliphatic carbocycles. The van der Waals surface area contributed by atoms with Gasteiger partial charge in [-0.1, -0.05) is 0 Å². The summed E-state index contributed by atoms with van der Waals surface area (Å²) in [7, 11) is 0. The van der Waals surface area contributed by atoms with Gasteiger partial charge in [-0.3, -0.25) is 4.79 Å². The van der Waals surface area contributed by atoms with Crippen LogP contribution in [0.5, 0.6) is 0 Å². The van der Waals surface area contributed by atoms with Crippen molar-refractivity contribution in [3.8, 4) is 0 Å². The number of hydrogen-bond donors (Lipinski definition) is 2. The molecule has 0 saturated heterocycles. The van der Waals surface area contributed by atoms with Crippen molar-refractivity contribution in [3.05, 3.63) is 33.1 Å². The Kier molecular flexibility index (Phi) is 5.31. The number of amides is 1. The summed E-state index contributed by atoms with van der Waals surface area (Å²) in [5, 5.41) is 10.1. The second kappa shape index (κ2) is 6.37. The van der Waals surface area contributed by atoms with Gasteiger partial charge >= 0.3 is 18.1 Å². The van der Waals surface area contributed by atoms with Crippen LogP contribution in [0.1, 0.15) is 5.56 Å². The van der Waals surface area contributed by atoms with Gasteiger partial charge in [0.1, 0.15) is 11.9 Å². The second-order valence-electron chi connectivity index (χ2n) is 3.80. The topological polar surface area (TPSA) is 66.4 Å². The summed E-state index contributed by atoms with van der Waals surface area (Å²) in [5.41, 5.74) is -0.0909. The molecule has 0 heterocycles. The van der Waals surface area contributed by atoms with E-state index in [2.05, 4.69) is 0 Å². The zero-order valence-electron chi connectivity index (χ0n) is 9.67. The van der Waals surface area contributed by atoms with Crippen LogP contribution in [0.3, 0.4) is 0 Å². The number of halogens is 5. The maximum Gasteiger partial charge on any atom is 0.471 e. The van der Waals surface area contributed by atoms with Gasteiger partial charge in [0, 0.05) is 9.99 Å². The molecule has 9 heteroatoms. The summed E-state index contributed by atoms with van der Waals surface area (Å²) in [4.78, 5) is 21.6. The number of carbonyl (C=O) groups is 2. The Hall–Kier alpha value is -1.39. The molecule has 0 radical (unpaired) electrons. The van der Waals surface area contributed by atoms with E-state index in [1.807, 2.05) is 22.6 Å². The van der Waals surface area contributed by atoms with Gasteiger partial charge in [-0.05, 0) is 46.4 Å². The monoisotopic (exact) mass is 405 g/mol. The molecule has 20 heavy (non-hydrogen) atoms. The van der Waals surface area contributed by atoms with E-state index in [1.165, 1.54) is 17.4 Å². The highest BCUT2D eigenvalue weighted by Crippen LogP contribution is 2.17. The number of carboxylic acids is 1. The van der Waals surface area contributed by atoms with Gasteiger partial charge in [0.05, 0.1) is 0 Å². The van der Waals surface area contributed by atoms with Crippen molar-refractivity contribution in [2.45, 2.75) is 18.6 Å². The van der Waals surface area contributed by atoms with E-state index in [1.54, 1.807) is 0 Å². The SMILES string of the molecule is O=C(O)[C@H](Cc1cc(I)ccc1F)NC(=O)C(F)(F)F. The average molecular weight is 405 g/mol. The van der Waals surface area contributed by atoms with Crippen LogP contribution in [0, 0.1) is 9.39 Å². The molecule has 2 N–H and O–H groups in total. The molecule has 110 valence electrons. The minimum atomic E-state index is -5.20. The fourth-order valence-electron chi connectivity index (χ4n) is 1.36. The van der Waals surface area contributed by atoms with E-state index in [-0.39, 0.29) is 5.56 Å². The van der Waals surface area contributed by atoms with Gasteiger partial charge in [0.15, 0.2) is 0 Å². The maximum atomic E-state index is 13.4. The molecular formula is C11H8F4INO3. The van der Waals surface area contributed by atoms with Crippen molar-refractivity contribution >= 4 is 34.5 Å². The summed E-state index contributed by atoms with van der Waals surface area (Å²) in [6.45, 7) is 0. The lowest BCUT2D eigenvalue weighted by Gasteiger charge is -2.16. The standard InChI is InChI=1S/C11H8F4INO3/c12-7-2-1-6(16)3-5(7)4-8(9(18)19)17-10(20)11(13,14)15/h1-3,8H,4H2,(H,17,20)(H,18,19)/t8-/m0/s1. The molecule has 0 aliphatic heterocycles. The van der Waals surface area contributed by atoms with Gasteiger partial charge in [0.25, 0.3) is 0 Å². The lowest BCUT2D eigenvalue weighted by molar-refractivity contribution is -0.175. The average Bonchev–Trinajstić information content (AvgIpc) is 2.31. The summed E-state index contributed by atoms with van der Waals surface area (Å²) >= 11 is 1.84. The van der Waals surface area contributed by atoms with Crippen molar-refractivity contribution in [1.29, 1.82) is 0 Å². The Labute approximate surface area is 124 Å². The first-order valence-corrected chi connectivity index (χ1v) is 6.23. The molecule has 1 amide bonds. The first-order chi connectivity index (χ1) is 9.11. The van der Waals surface area contributed by atoms with Crippen LogP contribution in [0.15, 0.2) is 18.2 Å². The van der Waals surface area contributed by atoms with E-state index < -0.39 is 36.3 Å². The second-order valence-corrected chi connectivity index (χ2v) is 5.05. The predicted octanol–water partition coefficient (Wildman–Crippen LogP) is 2.10. The van der Waals surface area contributed by atoms with Gasteiger partial charge < -0.3 is 10.4 Å². The normalized spacial score (nSPS) is 12.8. The fraction of sp³-hybridized carbons (Fsp3) is 0.273. The van der Waals surface area contributed by atoms with E-state index in [9.17, 15) is 27.2 Å². The van der Waals surface area contributed by atoms with Crippen LogP contribution in [0.2, 0.25) is 0 Å². The predicted molar refractivity (Wildman–Crippen MR) is 68.4 cm³/mol. The number of carboxylic acid groups (broad SMARTS) is 1. The summed E-state index contributed by atoms with van der Waals surface area (Å²) in [6.07, 6.45) is -5.78. The molecule has 0 unspecified atom stereocenters. The largest absolute Gasteiger partial charge is 0.480 e. The van der Waals surface area contributed by atoms with Gasteiger partial charge in [-0.2, -0.15) is 13.2 Å². The van der Waals surface area contributed by atoms with E-state index in [0.717, 1.165) is 6.07 Å². The first-order valence-electron chi connectivity index (χ1n) is 5.15. The van der Waals surface area contributed by atoms with Gasteiger partial charge in [-0.25, -0.2) is 9.18 Å². The van der Waals surface area contributed by atoms with E-state index in [4.69, 9.17) is 5.11 Å². The number of carbonyl (C=O) groups excluding carboxylic acids is 1. The number of alkyl halides is 3. The van der Waals surface area contributed by atoms with Crippen LogP contribution < -0.4 is 5.32 Å². The number of rotatable bonds is 4. The number of benzene rings is 1. The van der Waals surface area contributed by atoms with Crippen molar-refractivity contribution in [3.63, 3.8) is 0 Å². The molecular weight excluding hydrogens is 397 g/mol. The zero-order chi connectivity index (χ0) is 15.5.